The average Bonchev–Trinajstić information content (AvgIpc) is 2.98. The molecule has 2 aromatic carbocycles. The van der Waals surface area contributed by atoms with Crippen molar-refractivity contribution in [1.82, 2.24) is 20.2 Å². The van der Waals surface area contributed by atoms with Crippen molar-refractivity contribution in [3.63, 3.8) is 0 Å². The number of halogens is 1. The first-order valence-corrected chi connectivity index (χ1v) is 6.82. The first-order valence-electron chi connectivity index (χ1n) is 6.29. The number of hydrogen-bond donors (Lipinski definition) is 0. The van der Waals surface area contributed by atoms with E-state index in [2.05, 4.69) is 15.4 Å². The molecule has 0 unspecified atom stereocenters. The number of alkyl halides is 1. The number of nitrogens with zero attached hydrogens (tertiary/aromatic N) is 4. The Balaban J connectivity index is 1.96. The van der Waals surface area contributed by atoms with E-state index in [1.54, 1.807) is 0 Å². The summed E-state index contributed by atoms with van der Waals surface area (Å²) in [6.07, 6.45) is 0. The second kappa shape index (κ2) is 5.43. The molecule has 3 aromatic rings. The van der Waals surface area contributed by atoms with Crippen LogP contribution in [0.1, 0.15) is 11.1 Å². The fourth-order valence-electron chi connectivity index (χ4n) is 1.98. The van der Waals surface area contributed by atoms with Gasteiger partial charge in [-0.2, -0.15) is 0 Å². The van der Waals surface area contributed by atoms with Gasteiger partial charge in [-0.1, -0.05) is 36.4 Å². The first kappa shape index (κ1) is 12.8. The second-order valence-electron chi connectivity index (χ2n) is 4.51. The highest BCUT2D eigenvalue weighted by Crippen LogP contribution is 2.17. The maximum Gasteiger partial charge on any atom is 0.205 e. The maximum absolute atomic E-state index is 5.86. The van der Waals surface area contributed by atoms with Gasteiger partial charge < -0.3 is 0 Å². The summed E-state index contributed by atoms with van der Waals surface area (Å²) in [4.78, 5) is 1.54. The summed E-state index contributed by atoms with van der Waals surface area (Å²) in [6, 6.07) is 15.7. The van der Waals surface area contributed by atoms with Gasteiger partial charge >= 0.3 is 0 Å². The van der Waals surface area contributed by atoms with E-state index in [1.807, 2.05) is 55.5 Å². The van der Waals surface area contributed by atoms with Crippen LogP contribution in [0.2, 0.25) is 0 Å². The van der Waals surface area contributed by atoms with Crippen LogP contribution in [-0.4, -0.2) is 20.2 Å². The molecule has 0 fully saturated rings. The third-order valence-electron chi connectivity index (χ3n) is 3.15. The van der Waals surface area contributed by atoms with E-state index in [9.17, 15) is 0 Å². The van der Waals surface area contributed by atoms with Crippen molar-refractivity contribution in [2.75, 3.05) is 0 Å². The molecule has 0 aliphatic rings. The smallest absolute Gasteiger partial charge is 0.130 e. The molecule has 0 spiro atoms. The fourth-order valence-corrected chi connectivity index (χ4v) is 2.28. The summed E-state index contributed by atoms with van der Waals surface area (Å²) in [5, 5.41) is 12.6. The standard InChI is InChI=1S/C15H13ClN4/c1-11-9-14(8-7-13(11)10-16)20-18-15(17-19-20)12-5-3-2-4-6-12/h2-9H,10H2,1H3. The molecular weight excluding hydrogens is 272 g/mol. The third-order valence-corrected chi connectivity index (χ3v) is 3.43. The maximum atomic E-state index is 5.86. The zero-order valence-corrected chi connectivity index (χ0v) is 11.7. The molecular formula is C15H13ClN4. The lowest BCUT2D eigenvalue weighted by molar-refractivity contribution is 0.719. The molecule has 0 radical (unpaired) electrons. The highest BCUT2D eigenvalue weighted by atomic mass is 35.5. The lowest BCUT2D eigenvalue weighted by Gasteiger charge is -2.04. The van der Waals surface area contributed by atoms with Crippen molar-refractivity contribution in [2.24, 2.45) is 0 Å². The van der Waals surface area contributed by atoms with Crippen LogP contribution in [0.5, 0.6) is 0 Å². The van der Waals surface area contributed by atoms with Crippen molar-refractivity contribution >= 4 is 11.6 Å². The number of tetrazole rings is 1. The minimum absolute atomic E-state index is 0.506. The second-order valence-corrected chi connectivity index (χ2v) is 4.78. The van der Waals surface area contributed by atoms with Gasteiger partial charge in [0.1, 0.15) is 0 Å². The van der Waals surface area contributed by atoms with Crippen LogP contribution in [0.25, 0.3) is 17.1 Å². The van der Waals surface area contributed by atoms with Gasteiger partial charge in [0.15, 0.2) is 0 Å². The lowest BCUT2D eigenvalue weighted by Crippen LogP contribution is -2.00. The number of hydrogen-bond acceptors (Lipinski definition) is 3. The van der Waals surface area contributed by atoms with E-state index in [0.29, 0.717) is 11.7 Å². The van der Waals surface area contributed by atoms with Gasteiger partial charge in [-0.15, -0.1) is 26.6 Å². The molecule has 100 valence electrons. The minimum Gasteiger partial charge on any atom is -0.130 e. The molecule has 20 heavy (non-hydrogen) atoms. The van der Waals surface area contributed by atoms with Crippen molar-refractivity contribution in [3.05, 3.63) is 59.7 Å². The minimum atomic E-state index is 0.506. The summed E-state index contributed by atoms with van der Waals surface area (Å²) >= 11 is 5.86. The van der Waals surface area contributed by atoms with E-state index < -0.39 is 0 Å². The van der Waals surface area contributed by atoms with Crippen LogP contribution < -0.4 is 0 Å². The molecule has 0 bridgehead atoms. The van der Waals surface area contributed by atoms with Gasteiger partial charge in [0, 0.05) is 11.4 Å². The van der Waals surface area contributed by atoms with Gasteiger partial charge in [0.2, 0.25) is 5.82 Å². The molecule has 1 aromatic heterocycles. The third kappa shape index (κ3) is 2.42. The Kier molecular flexibility index (Phi) is 3.48. The van der Waals surface area contributed by atoms with Crippen LogP contribution in [0.4, 0.5) is 0 Å². The number of aryl methyl sites for hydroxylation is 1. The van der Waals surface area contributed by atoms with Gasteiger partial charge in [0.25, 0.3) is 0 Å². The Bertz CT molecular complexity index is 722. The molecule has 0 amide bonds. The van der Waals surface area contributed by atoms with Crippen LogP contribution in [0.15, 0.2) is 48.5 Å². The highest BCUT2D eigenvalue weighted by molar-refractivity contribution is 6.17. The Morgan fingerprint density at radius 2 is 1.90 bits per heavy atom. The van der Waals surface area contributed by atoms with Crippen molar-refractivity contribution < 1.29 is 0 Å². The number of benzene rings is 2. The van der Waals surface area contributed by atoms with E-state index in [-0.39, 0.29) is 0 Å². The number of rotatable bonds is 3. The summed E-state index contributed by atoms with van der Waals surface area (Å²) in [5.74, 6) is 1.12. The zero-order valence-electron chi connectivity index (χ0n) is 11.0. The Morgan fingerprint density at radius 1 is 1.10 bits per heavy atom. The Morgan fingerprint density at radius 3 is 2.60 bits per heavy atom. The molecule has 0 aliphatic carbocycles. The van der Waals surface area contributed by atoms with Crippen LogP contribution >= 0.6 is 11.6 Å². The lowest BCUT2D eigenvalue weighted by atomic mass is 10.1. The fraction of sp³-hybridized carbons (Fsp3) is 0.133. The molecule has 0 saturated carbocycles. The van der Waals surface area contributed by atoms with E-state index >= 15 is 0 Å². The monoisotopic (exact) mass is 284 g/mol. The summed E-state index contributed by atoms with van der Waals surface area (Å²) in [7, 11) is 0. The van der Waals surface area contributed by atoms with Crippen LogP contribution in [0, 0.1) is 6.92 Å². The van der Waals surface area contributed by atoms with Gasteiger partial charge in [-0.05, 0) is 35.4 Å². The molecule has 5 heteroatoms. The van der Waals surface area contributed by atoms with Crippen molar-refractivity contribution in [3.8, 4) is 17.1 Å². The molecule has 3 rings (SSSR count). The Hall–Kier alpha value is -2.20. The molecule has 0 N–H and O–H groups in total. The molecule has 0 aliphatic heterocycles. The predicted octanol–water partition coefficient (Wildman–Crippen LogP) is 3.38. The van der Waals surface area contributed by atoms with Crippen LogP contribution in [0.3, 0.4) is 0 Å². The van der Waals surface area contributed by atoms with Gasteiger partial charge in [0.05, 0.1) is 5.69 Å². The SMILES string of the molecule is Cc1cc(-n2nnc(-c3ccccc3)n2)ccc1CCl. The average molecular weight is 285 g/mol. The van der Waals surface area contributed by atoms with Gasteiger partial charge in [-0.3, -0.25) is 0 Å². The van der Waals surface area contributed by atoms with E-state index in [1.165, 1.54) is 4.80 Å². The normalized spacial score (nSPS) is 10.7. The summed E-state index contributed by atoms with van der Waals surface area (Å²) in [5.41, 5.74) is 4.06. The zero-order chi connectivity index (χ0) is 13.9. The van der Waals surface area contributed by atoms with E-state index in [0.717, 1.165) is 22.4 Å². The predicted molar refractivity (Wildman–Crippen MR) is 78.9 cm³/mol. The van der Waals surface area contributed by atoms with Crippen molar-refractivity contribution in [2.45, 2.75) is 12.8 Å². The molecule has 0 saturated heterocycles. The molecule has 1 heterocycles. The van der Waals surface area contributed by atoms with E-state index in [4.69, 9.17) is 11.6 Å². The summed E-state index contributed by atoms with van der Waals surface area (Å²) in [6.45, 7) is 2.02. The Labute approximate surface area is 122 Å². The quantitative estimate of drug-likeness (QED) is 0.693. The topological polar surface area (TPSA) is 43.6 Å². The summed E-state index contributed by atoms with van der Waals surface area (Å²) < 4.78 is 0. The number of aromatic nitrogens is 4. The van der Waals surface area contributed by atoms with Crippen LogP contribution in [-0.2, 0) is 5.88 Å². The van der Waals surface area contributed by atoms with Crippen molar-refractivity contribution in [1.29, 1.82) is 0 Å². The highest BCUT2D eigenvalue weighted by Gasteiger charge is 2.07. The largest absolute Gasteiger partial charge is 0.205 e. The first-order chi connectivity index (χ1) is 9.78. The molecule has 0 atom stereocenters. The molecule has 4 nitrogen and oxygen atoms in total. The van der Waals surface area contributed by atoms with Gasteiger partial charge in [-0.25, -0.2) is 0 Å².